The third-order valence-corrected chi connectivity index (χ3v) is 15.0. The molecule has 414 valence electrons. The normalized spacial score (nSPS) is 12.7. The summed E-state index contributed by atoms with van der Waals surface area (Å²) in [5.41, 5.74) is 21.7. The van der Waals surface area contributed by atoms with Gasteiger partial charge in [0, 0.05) is 104 Å². The maximum Gasteiger partial charge on any atom is 0.251 e. The molecule has 0 bridgehead atoms. The van der Waals surface area contributed by atoms with E-state index in [1.54, 1.807) is 0 Å². The lowest BCUT2D eigenvalue weighted by Gasteiger charge is -2.19. The minimum absolute atomic E-state index is 0.0718. The van der Waals surface area contributed by atoms with E-state index in [0.717, 1.165) is 177 Å². The number of carbonyl (C=O) groups excluding carboxylic acids is 2. The number of aromatic nitrogens is 2. The molecule has 0 unspecified atom stereocenters. The Hall–Kier alpha value is -9.03. The molecule has 0 atom stereocenters. The van der Waals surface area contributed by atoms with Crippen LogP contribution < -0.4 is 41.8 Å². The quantitative estimate of drug-likeness (QED) is 0.0170. The molecule has 12 nitrogen and oxygen atoms in total. The minimum atomic E-state index is -0.0748. The molecule has 1 aliphatic carbocycles. The number of allylic oxidation sites excluding steroid dienone is 4. The van der Waals surface area contributed by atoms with Gasteiger partial charge in [0.15, 0.2) is 0 Å². The molecular weight excluding hydrogens is 1000 g/mol. The molecule has 1 heterocycles. The molecule has 12 heteroatoms. The van der Waals surface area contributed by atoms with Crippen LogP contribution in [0.4, 0.5) is 34.1 Å². The van der Waals surface area contributed by atoms with Gasteiger partial charge in [0.25, 0.3) is 11.8 Å². The summed E-state index contributed by atoms with van der Waals surface area (Å²) in [6.07, 6.45) is 12.2. The first-order valence-electron chi connectivity index (χ1n) is 28.6. The fourth-order valence-electron chi connectivity index (χ4n) is 10.4. The maximum absolute atomic E-state index is 13.0. The molecule has 81 heavy (non-hydrogen) atoms. The SMILES string of the molecule is C=C1C=C(NCCCCCCNC(=O)c2ccc(-c3ccc(C(=O)NCCCCCCNc4cc5c(cc4C)nc4cc(C)c(NC)cc4[n+]5-c4ccccc4)cc3)cc2)C(C)=C/C1=N/c1cc(C)c(NC)cc1Nc1ccccc1. The van der Waals surface area contributed by atoms with Gasteiger partial charge in [-0.1, -0.05) is 92.9 Å². The van der Waals surface area contributed by atoms with E-state index >= 15 is 0 Å². The van der Waals surface area contributed by atoms with Crippen LogP contribution in [-0.4, -0.2) is 62.8 Å². The van der Waals surface area contributed by atoms with Crippen LogP contribution in [0.1, 0.15) is 95.7 Å². The van der Waals surface area contributed by atoms with E-state index in [-0.39, 0.29) is 11.8 Å². The maximum atomic E-state index is 13.0. The molecule has 1 aromatic heterocycles. The first-order valence-corrected chi connectivity index (χ1v) is 28.6. The van der Waals surface area contributed by atoms with Crippen LogP contribution in [0.15, 0.2) is 186 Å². The highest BCUT2D eigenvalue weighted by molar-refractivity contribution is 6.13. The molecule has 1 aliphatic rings. The summed E-state index contributed by atoms with van der Waals surface area (Å²) in [6, 6.07) is 48.9. The molecule has 0 spiro atoms. The van der Waals surface area contributed by atoms with Crippen molar-refractivity contribution < 1.29 is 14.2 Å². The van der Waals surface area contributed by atoms with Crippen LogP contribution >= 0.6 is 0 Å². The van der Waals surface area contributed by atoms with Gasteiger partial charge in [-0.05, 0) is 165 Å². The summed E-state index contributed by atoms with van der Waals surface area (Å²) in [4.78, 5) is 36.2. The number of rotatable bonds is 25. The Morgan fingerprint density at radius 1 is 0.519 bits per heavy atom. The molecular formula is C69H77N10O2+. The number of anilines is 5. The van der Waals surface area contributed by atoms with Crippen LogP contribution in [0.2, 0.25) is 0 Å². The molecule has 0 fully saturated rings. The van der Waals surface area contributed by atoms with Crippen molar-refractivity contribution in [1.82, 2.24) is 20.9 Å². The monoisotopic (exact) mass is 1080 g/mol. The first kappa shape index (κ1) is 56.7. The Labute approximate surface area is 478 Å². The lowest BCUT2D eigenvalue weighted by Crippen LogP contribution is -2.33. The second-order valence-corrected chi connectivity index (χ2v) is 21.0. The first-order chi connectivity index (χ1) is 39.5. The molecule has 7 N–H and O–H groups in total. The number of aryl methyl sites for hydroxylation is 3. The van der Waals surface area contributed by atoms with Crippen LogP contribution in [-0.2, 0) is 0 Å². The number of hydrogen-bond acceptors (Lipinski definition) is 9. The number of unbranched alkanes of at least 4 members (excludes halogenated alkanes) is 6. The van der Waals surface area contributed by atoms with Gasteiger partial charge in [-0.15, -0.1) is 4.57 Å². The van der Waals surface area contributed by atoms with Gasteiger partial charge in [-0.2, -0.15) is 0 Å². The molecule has 8 aromatic rings. The summed E-state index contributed by atoms with van der Waals surface area (Å²) in [7, 11) is 3.89. The number of amides is 2. The lowest BCUT2D eigenvalue weighted by molar-refractivity contribution is -0.538. The summed E-state index contributed by atoms with van der Waals surface area (Å²) < 4.78 is 2.31. The highest BCUT2D eigenvalue weighted by Crippen LogP contribution is 2.35. The Morgan fingerprint density at radius 3 is 1.58 bits per heavy atom. The van der Waals surface area contributed by atoms with E-state index in [0.29, 0.717) is 24.2 Å². The van der Waals surface area contributed by atoms with E-state index in [2.05, 4.69) is 149 Å². The predicted molar refractivity (Wildman–Crippen MR) is 338 cm³/mol. The van der Waals surface area contributed by atoms with Crippen molar-refractivity contribution in [3.63, 3.8) is 0 Å². The van der Waals surface area contributed by atoms with E-state index < -0.39 is 0 Å². The van der Waals surface area contributed by atoms with E-state index in [1.807, 2.05) is 99.0 Å². The summed E-state index contributed by atoms with van der Waals surface area (Å²) in [5.74, 6) is -0.147. The highest BCUT2D eigenvalue weighted by atomic mass is 16.2. The summed E-state index contributed by atoms with van der Waals surface area (Å²) in [5, 5.41) is 23.7. The molecule has 7 aromatic carbocycles. The van der Waals surface area contributed by atoms with Gasteiger partial charge in [0.05, 0.1) is 17.1 Å². The number of nitrogens with one attached hydrogen (secondary N) is 7. The Kier molecular flexibility index (Phi) is 19.1. The fraction of sp³-hybridized carbons (Fsp3) is 0.261. The zero-order valence-corrected chi connectivity index (χ0v) is 47.9. The second-order valence-electron chi connectivity index (χ2n) is 21.0. The van der Waals surface area contributed by atoms with Crippen molar-refractivity contribution in [2.75, 3.05) is 61.5 Å². The highest BCUT2D eigenvalue weighted by Gasteiger charge is 2.23. The zero-order chi connectivity index (χ0) is 56.7. The third kappa shape index (κ3) is 14.4. The number of fused-ring (bicyclic) bond motifs is 2. The van der Waals surface area contributed by atoms with Gasteiger partial charge in [-0.25, -0.2) is 9.98 Å². The van der Waals surface area contributed by atoms with Crippen molar-refractivity contribution in [2.45, 2.75) is 79.1 Å². The van der Waals surface area contributed by atoms with Crippen molar-refractivity contribution in [3.8, 4) is 16.8 Å². The molecule has 0 saturated carbocycles. The van der Waals surface area contributed by atoms with Crippen LogP contribution in [0.5, 0.6) is 0 Å². The number of carbonyl (C=O) groups is 2. The van der Waals surface area contributed by atoms with Gasteiger partial charge < -0.3 is 37.2 Å². The summed E-state index contributed by atoms with van der Waals surface area (Å²) >= 11 is 0. The number of para-hydroxylation sites is 2. The van der Waals surface area contributed by atoms with E-state index in [9.17, 15) is 9.59 Å². The second kappa shape index (κ2) is 27.2. The van der Waals surface area contributed by atoms with Gasteiger partial charge in [0.1, 0.15) is 11.0 Å². The van der Waals surface area contributed by atoms with Gasteiger partial charge >= 0.3 is 0 Å². The van der Waals surface area contributed by atoms with Crippen LogP contribution in [0.25, 0.3) is 38.9 Å². The standard InChI is InChI=1S/C69H76N10O2/c1-46-40-62(63(43-57(46)70-6)76-55-22-14-12-15-23-55)77-61-39-48(3)59(38-50(61)5)72-34-18-8-10-20-36-74-68(80)53-30-26-51(27-31-53)52-28-32-54(33-29-52)69(81)75-37-21-11-9-19-35-73-60-45-67-65(42-49(60)4)78-64-41-47(2)58(71-7)44-66(64)79(67)56-24-16-13-17-25-56/h12-17,22-33,38-45,70,72,76H,5,8-11,18-21,34-37H2,1-4,6-7H3,(H3,71,73,74,75,80,81)/p+1/b77-61-. The lowest BCUT2D eigenvalue weighted by atomic mass is 9.98. The average Bonchev–Trinajstić information content (AvgIpc) is 3.63. The number of benzene rings is 7. The fourth-order valence-corrected chi connectivity index (χ4v) is 10.4. The Balaban J connectivity index is 0.648. The zero-order valence-electron chi connectivity index (χ0n) is 47.9. The predicted octanol–water partition coefficient (Wildman–Crippen LogP) is 14.5. The number of nitrogens with zero attached hydrogens (tertiary/aromatic N) is 3. The molecule has 2 amide bonds. The van der Waals surface area contributed by atoms with E-state index in [1.165, 1.54) is 0 Å². The molecule has 0 radical (unpaired) electrons. The largest absolute Gasteiger partial charge is 0.388 e. The third-order valence-electron chi connectivity index (χ3n) is 15.0. The van der Waals surface area contributed by atoms with Crippen molar-refractivity contribution >= 4 is 73.7 Å². The minimum Gasteiger partial charge on any atom is -0.388 e. The summed E-state index contributed by atoms with van der Waals surface area (Å²) in [6.45, 7) is 15.8. The van der Waals surface area contributed by atoms with Crippen LogP contribution in [0.3, 0.4) is 0 Å². The van der Waals surface area contributed by atoms with E-state index in [4.69, 9.17) is 9.98 Å². The molecule has 0 saturated heterocycles. The topological polar surface area (TPSA) is 147 Å². The number of hydrogen-bond donors (Lipinski definition) is 7. The van der Waals surface area contributed by atoms with Crippen molar-refractivity contribution in [2.24, 2.45) is 4.99 Å². The molecule has 0 aliphatic heterocycles. The smallest absolute Gasteiger partial charge is 0.251 e. The number of aliphatic imine (C=N–C) groups is 1. The average molecular weight is 1080 g/mol. The van der Waals surface area contributed by atoms with Crippen molar-refractivity contribution in [3.05, 3.63) is 209 Å². The Morgan fingerprint density at radius 2 is 1.01 bits per heavy atom. The Bertz CT molecular complexity index is 3630. The van der Waals surface area contributed by atoms with Crippen molar-refractivity contribution in [1.29, 1.82) is 0 Å². The van der Waals surface area contributed by atoms with Gasteiger partial charge in [-0.3, -0.25) is 9.59 Å². The van der Waals surface area contributed by atoms with Crippen LogP contribution in [0, 0.1) is 20.8 Å². The van der Waals surface area contributed by atoms with Gasteiger partial charge in [0.2, 0.25) is 16.7 Å². The molecule has 9 rings (SSSR count).